The van der Waals surface area contributed by atoms with Crippen LogP contribution in [-0.2, 0) is 0 Å². The summed E-state index contributed by atoms with van der Waals surface area (Å²) in [5.74, 6) is 1.44. The second-order valence-corrected chi connectivity index (χ2v) is 8.36. The van der Waals surface area contributed by atoms with Gasteiger partial charge < -0.3 is 4.90 Å². The maximum atomic E-state index is 5.06. The summed E-state index contributed by atoms with van der Waals surface area (Å²) in [6.07, 6.45) is 4.57. The Hall–Kier alpha value is -2.68. The Morgan fingerprint density at radius 3 is 2.07 bits per heavy atom. The van der Waals surface area contributed by atoms with E-state index in [2.05, 4.69) is 100 Å². The first-order chi connectivity index (χ1) is 14.5. The maximum absolute atomic E-state index is 5.06. The third-order valence-corrected chi connectivity index (χ3v) is 5.70. The first-order valence-electron chi connectivity index (χ1n) is 11.3. The number of hydrogen-bond donors (Lipinski definition) is 0. The van der Waals surface area contributed by atoms with E-state index in [1.165, 1.54) is 17.7 Å². The van der Waals surface area contributed by atoms with E-state index in [9.17, 15) is 0 Å². The Labute approximate surface area is 182 Å². The lowest BCUT2D eigenvalue weighted by atomic mass is 10.0. The smallest absolute Gasteiger partial charge is 0.133 e. The number of hydrogen-bond acceptors (Lipinski definition) is 3. The van der Waals surface area contributed by atoms with Gasteiger partial charge in [0, 0.05) is 17.4 Å². The van der Waals surface area contributed by atoms with E-state index < -0.39 is 0 Å². The van der Waals surface area contributed by atoms with Gasteiger partial charge in [-0.15, -0.1) is 0 Å². The number of anilines is 2. The molecule has 0 aliphatic carbocycles. The molecule has 3 heteroatoms. The van der Waals surface area contributed by atoms with E-state index in [0.29, 0.717) is 12.0 Å². The van der Waals surface area contributed by atoms with Crippen LogP contribution in [0.15, 0.2) is 60.7 Å². The van der Waals surface area contributed by atoms with Gasteiger partial charge >= 0.3 is 0 Å². The van der Waals surface area contributed by atoms with Crippen molar-refractivity contribution in [1.82, 2.24) is 9.97 Å². The van der Waals surface area contributed by atoms with Gasteiger partial charge in [0.2, 0.25) is 0 Å². The fourth-order valence-electron chi connectivity index (χ4n) is 4.01. The topological polar surface area (TPSA) is 29.0 Å². The standard InChI is InChI=1S/C27H35N3/c1-6-10-21(4)24-12-8-13-25(28-24)26-14-9-15-27(29-26)30(22(5)11-7-2)23-18-16-20(3)17-19-23/h8-9,12-19,21-22H,6-7,10-11H2,1-5H3. The zero-order valence-corrected chi connectivity index (χ0v) is 19.1. The van der Waals surface area contributed by atoms with Gasteiger partial charge in [0.05, 0.1) is 11.4 Å². The van der Waals surface area contributed by atoms with E-state index in [0.717, 1.165) is 42.2 Å². The SMILES string of the molecule is CCCC(C)c1cccc(-c2cccc(N(c3ccc(C)cc3)C(C)CCC)n2)n1. The summed E-state index contributed by atoms with van der Waals surface area (Å²) in [4.78, 5) is 12.4. The molecular formula is C27H35N3. The van der Waals surface area contributed by atoms with Crippen molar-refractivity contribution in [3.05, 3.63) is 71.9 Å². The lowest BCUT2D eigenvalue weighted by Crippen LogP contribution is -2.29. The van der Waals surface area contributed by atoms with Crippen LogP contribution in [0, 0.1) is 6.92 Å². The lowest BCUT2D eigenvalue weighted by molar-refractivity contribution is 0.630. The van der Waals surface area contributed by atoms with Gasteiger partial charge in [-0.1, -0.05) is 63.4 Å². The summed E-state index contributed by atoms with van der Waals surface area (Å²) in [6.45, 7) is 11.1. The highest BCUT2D eigenvalue weighted by Gasteiger charge is 2.18. The molecule has 0 radical (unpaired) electrons. The van der Waals surface area contributed by atoms with E-state index in [1.807, 2.05) is 0 Å². The Morgan fingerprint density at radius 2 is 1.40 bits per heavy atom. The van der Waals surface area contributed by atoms with Crippen LogP contribution in [0.5, 0.6) is 0 Å². The second kappa shape index (κ2) is 10.4. The fourth-order valence-corrected chi connectivity index (χ4v) is 4.01. The van der Waals surface area contributed by atoms with Gasteiger partial charge in [-0.25, -0.2) is 4.98 Å². The molecule has 2 unspecified atom stereocenters. The zero-order chi connectivity index (χ0) is 21.5. The van der Waals surface area contributed by atoms with Crippen molar-refractivity contribution in [2.45, 2.75) is 72.3 Å². The fraction of sp³-hybridized carbons (Fsp3) is 0.407. The molecule has 30 heavy (non-hydrogen) atoms. The molecule has 0 N–H and O–H groups in total. The quantitative estimate of drug-likeness (QED) is 0.368. The molecule has 158 valence electrons. The van der Waals surface area contributed by atoms with Crippen LogP contribution >= 0.6 is 0 Å². The van der Waals surface area contributed by atoms with Crippen LogP contribution in [0.25, 0.3) is 11.4 Å². The third-order valence-electron chi connectivity index (χ3n) is 5.70. The Kier molecular flexibility index (Phi) is 7.62. The Balaban J connectivity index is 1.99. The second-order valence-electron chi connectivity index (χ2n) is 8.36. The molecule has 2 heterocycles. The average molecular weight is 402 g/mol. The van der Waals surface area contributed by atoms with Gasteiger partial charge in [-0.3, -0.25) is 4.98 Å². The molecule has 0 saturated heterocycles. The predicted molar refractivity (Wildman–Crippen MR) is 128 cm³/mol. The van der Waals surface area contributed by atoms with E-state index in [4.69, 9.17) is 9.97 Å². The van der Waals surface area contributed by atoms with Crippen molar-refractivity contribution in [3.8, 4) is 11.4 Å². The highest BCUT2D eigenvalue weighted by atomic mass is 15.2. The van der Waals surface area contributed by atoms with E-state index >= 15 is 0 Å². The van der Waals surface area contributed by atoms with Crippen molar-refractivity contribution in [3.63, 3.8) is 0 Å². The van der Waals surface area contributed by atoms with Crippen LogP contribution in [0.2, 0.25) is 0 Å². The monoisotopic (exact) mass is 401 g/mol. The molecule has 0 bridgehead atoms. The summed E-state index contributed by atoms with van der Waals surface area (Å²) in [5.41, 5.74) is 5.48. The molecule has 0 aliphatic heterocycles. The number of nitrogens with zero attached hydrogens (tertiary/aromatic N) is 3. The number of aryl methyl sites for hydroxylation is 1. The zero-order valence-electron chi connectivity index (χ0n) is 19.1. The number of benzene rings is 1. The predicted octanol–water partition coefficient (Wildman–Crippen LogP) is 7.68. The van der Waals surface area contributed by atoms with Crippen molar-refractivity contribution in [1.29, 1.82) is 0 Å². The highest BCUT2D eigenvalue weighted by Crippen LogP contribution is 2.30. The van der Waals surface area contributed by atoms with Crippen LogP contribution in [0.1, 0.15) is 70.6 Å². The van der Waals surface area contributed by atoms with Crippen molar-refractivity contribution in [2.75, 3.05) is 4.90 Å². The normalized spacial score (nSPS) is 13.1. The molecule has 2 atom stereocenters. The molecule has 3 aromatic rings. The van der Waals surface area contributed by atoms with Gasteiger partial charge in [0.25, 0.3) is 0 Å². The molecule has 2 aromatic heterocycles. The van der Waals surface area contributed by atoms with Gasteiger partial charge in [-0.05, 0) is 69.0 Å². The minimum Gasteiger partial charge on any atom is -0.324 e. The third kappa shape index (κ3) is 5.27. The molecule has 1 aromatic carbocycles. The Morgan fingerprint density at radius 1 is 0.767 bits per heavy atom. The molecule has 0 fully saturated rings. The van der Waals surface area contributed by atoms with Crippen LogP contribution < -0.4 is 4.90 Å². The lowest BCUT2D eigenvalue weighted by Gasteiger charge is -2.31. The first kappa shape index (κ1) is 22.0. The molecular weight excluding hydrogens is 366 g/mol. The summed E-state index contributed by atoms with van der Waals surface area (Å²) in [5, 5.41) is 0. The minimum absolute atomic E-state index is 0.365. The van der Waals surface area contributed by atoms with Crippen LogP contribution in [0.3, 0.4) is 0 Å². The minimum atomic E-state index is 0.365. The summed E-state index contributed by atoms with van der Waals surface area (Å²) in [7, 11) is 0. The summed E-state index contributed by atoms with van der Waals surface area (Å²) in [6, 6.07) is 21.7. The van der Waals surface area contributed by atoms with Crippen molar-refractivity contribution in [2.24, 2.45) is 0 Å². The van der Waals surface area contributed by atoms with E-state index in [-0.39, 0.29) is 0 Å². The average Bonchev–Trinajstić information content (AvgIpc) is 2.76. The largest absolute Gasteiger partial charge is 0.324 e. The number of pyridine rings is 2. The summed E-state index contributed by atoms with van der Waals surface area (Å²) < 4.78 is 0. The maximum Gasteiger partial charge on any atom is 0.133 e. The number of rotatable bonds is 9. The Bertz CT molecular complexity index is 933. The van der Waals surface area contributed by atoms with Gasteiger partial charge in [0.15, 0.2) is 0 Å². The first-order valence-corrected chi connectivity index (χ1v) is 11.3. The van der Waals surface area contributed by atoms with Crippen molar-refractivity contribution >= 4 is 11.5 Å². The van der Waals surface area contributed by atoms with E-state index in [1.54, 1.807) is 0 Å². The number of aromatic nitrogens is 2. The molecule has 0 amide bonds. The molecule has 0 aliphatic rings. The summed E-state index contributed by atoms with van der Waals surface area (Å²) >= 11 is 0. The molecule has 0 spiro atoms. The van der Waals surface area contributed by atoms with Crippen LogP contribution in [-0.4, -0.2) is 16.0 Å². The van der Waals surface area contributed by atoms with Crippen molar-refractivity contribution < 1.29 is 0 Å². The molecule has 3 nitrogen and oxygen atoms in total. The highest BCUT2D eigenvalue weighted by molar-refractivity contribution is 5.65. The van der Waals surface area contributed by atoms with Gasteiger partial charge in [0.1, 0.15) is 5.82 Å². The van der Waals surface area contributed by atoms with Gasteiger partial charge in [-0.2, -0.15) is 0 Å². The van der Waals surface area contributed by atoms with Crippen LogP contribution in [0.4, 0.5) is 11.5 Å². The molecule has 0 saturated carbocycles. The molecule has 3 rings (SSSR count).